The molecule has 1 aromatic heterocycles. The molecule has 0 saturated heterocycles. The van der Waals surface area contributed by atoms with Crippen molar-refractivity contribution in [3.8, 4) is 0 Å². The minimum Gasteiger partial charge on any atom is -0.316 e. The van der Waals surface area contributed by atoms with Crippen molar-refractivity contribution in [3.05, 3.63) is 52.4 Å². The van der Waals surface area contributed by atoms with Crippen LogP contribution in [0.15, 0.2) is 36.4 Å². The molecule has 0 unspecified atom stereocenters. The molecule has 1 amide bonds. The molecule has 0 spiro atoms. The predicted molar refractivity (Wildman–Crippen MR) is 78.9 cm³/mol. The number of carbonyl (C=O) groups excluding carboxylic acids is 3. The van der Waals surface area contributed by atoms with E-state index in [9.17, 15) is 14.4 Å². The van der Waals surface area contributed by atoms with E-state index in [-0.39, 0.29) is 11.7 Å². The standard InChI is InChI=1S/C14H10ClNO3S/c15-7-12(18)16-14-11(6-10(8-17)20-14)13(19)9-4-2-1-3-5-9/h1-6,8H,7H2,(H,16,18). The summed E-state index contributed by atoms with van der Waals surface area (Å²) in [4.78, 5) is 34.9. The summed E-state index contributed by atoms with van der Waals surface area (Å²) in [5.41, 5.74) is 0.783. The highest BCUT2D eigenvalue weighted by atomic mass is 35.5. The molecule has 0 saturated carbocycles. The van der Waals surface area contributed by atoms with Crippen molar-refractivity contribution >= 4 is 45.9 Å². The third kappa shape index (κ3) is 3.12. The van der Waals surface area contributed by atoms with Crippen LogP contribution >= 0.6 is 22.9 Å². The van der Waals surface area contributed by atoms with Gasteiger partial charge in [-0.05, 0) is 6.07 Å². The van der Waals surface area contributed by atoms with Crippen molar-refractivity contribution in [2.45, 2.75) is 0 Å². The Hall–Kier alpha value is -1.98. The van der Waals surface area contributed by atoms with Gasteiger partial charge in [0.1, 0.15) is 10.9 Å². The molecule has 0 atom stereocenters. The first-order valence-electron chi connectivity index (χ1n) is 5.70. The van der Waals surface area contributed by atoms with E-state index in [1.807, 2.05) is 0 Å². The van der Waals surface area contributed by atoms with E-state index in [0.29, 0.717) is 27.3 Å². The largest absolute Gasteiger partial charge is 0.316 e. The van der Waals surface area contributed by atoms with Crippen molar-refractivity contribution in [1.82, 2.24) is 0 Å². The summed E-state index contributed by atoms with van der Waals surface area (Å²) in [7, 11) is 0. The maximum Gasteiger partial charge on any atom is 0.239 e. The molecular formula is C14H10ClNO3S. The second-order valence-electron chi connectivity index (χ2n) is 3.89. The van der Waals surface area contributed by atoms with Crippen LogP contribution in [-0.2, 0) is 4.79 Å². The van der Waals surface area contributed by atoms with Gasteiger partial charge in [0.05, 0.1) is 10.4 Å². The third-order valence-corrected chi connectivity index (χ3v) is 3.74. The second-order valence-corrected chi connectivity index (χ2v) is 5.24. The lowest BCUT2D eigenvalue weighted by Gasteiger charge is -2.04. The van der Waals surface area contributed by atoms with Crippen LogP contribution in [0.3, 0.4) is 0 Å². The number of aldehydes is 1. The fourth-order valence-electron chi connectivity index (χ4n) is 1.63. The molecule has 20 heavy (non-hydrogen) atoms. The van der Waals surface area contributed by atoms with Crippen molar-refractivity contribution in [2.75, 3.05) is 11.2 Å². The van der Waals surface area contributed by atoms with Crippen LogP contribution in [-0.4, -0.2) is 23.9 Å². The maximum absolute atomic E-state index is 12.4. The highest BCUT2D eigenvalue weighted by molar-refractivity contribution is 7.18. The number of alkyl halides is 1. The molecule has 2 aromatic rings. The summed E-state index contributed by atoms with van der Waals surface area (Å²) in [6.07, 6.45) is 0.642. The lowest BCUT2D eigenvalue weighted by molar-refractivity contribution is -0.113. The zero-order valence-corrected chi connectivity index (χ0v) is 11.8. The molecule has 0 aliphatic rings. The normalized spacial score (nSPS) is 10.1. The highest BCUT2D eigenvalue weighted by Crippen LogP contribution is 2.29. The van der Waals surface area contributed by atoms with Gasteiger partial charge in [-0.2, -0.15) is 0 Å². The zero-order chi connectivity index (χ0) is 14.5. The molecule has 102 valence electrons. The zero-order valence-electron chi connectivity index (χ0n) is 10.3. The molecule has 0 fully saturated rings. The van der Waals surface area contributed by atoms with Crippen molar-refractivity contribution in [3.63, 3.8) is 0 Å². The number of hydrogen-bond donors (Lipinski definition) is 1. The van der Waals surface area contributed by atoms with Crippen LogP contribution in [0.5, 0.6) is 0 Å². The first-order chi connectivity index (χ1) is 9.65. The van der Waals surface area contributed by atoms with Crippen LogP contribution in [0.25, 0.3) is 0 Å². The van der Waals surface area contributed by atoms with Gasteiger partial charge < -0.3 is 5.32 Å². The minimum atomic E-state index is -0.423. The molecule has 2 rings (SSSR count). The summed E-state index contributed by atoms with van der Waals surface area (Å²) in [6, 6.07) is 10.1. The maximum atomic E-state index is 12.4. The Labute approximate surface area is 124 Å². The Morgan fingerprint density at radius 3 is 2.55 bits per heavy atom. The van der Waals surface area contributed by atoms with Crippen molar-refractivity contribution < 1.29 is 14.4 Å². The van der Waals surface area contributed by atoms with Crippen molar-refractivity contribution in [2.24, 2.45) is 0 Å². The average molecular weight is 308 g/mol. The molecule has 1 N–H and O–H groups in total. The smallest absolute Gasteiger partial charge is 0.239 e. The molecule has 1 heterocycles. The molecule has 0 radical (unpaired) electrons. The van der Waals surface area contributed by atoms with Gasteiger partial charge in [0.15, 0.2) is 12.1 Å². The minimum absolute atomic E-state index is 0.215. The van der Waals surface area contributed by atoms with E-state index in [1.165, 1.54) is 6.07 Å². The molecule has 0 aliphatic carbocycles. The Bertz CT molecular complexity index is 652. The number of rotatable bonds is 5. The fraction of sp³-hybridized carbons (Fsp3) is 0.0714. The van der Waals surface area contributed by atoms with Crippen LogP contribution in [0, 0.1) is 0 Å². The fourth-order valence-corrected chi connectivity index (χ4v) is 2.59. The molecule has 4 nitrogen and oxygen atoms in total. The number of halogens is 1. The second kappa shape index (κ2) is 6.45. The van der Waals surface area contributed by atoms with Gasteiger partial charge in [0.2, 0.25) is 5.91 Å². The third-order valence-electron chi connectivity index (χ3n) is 2.52. The van der Waals surface area contributed by atoms with Gasteiger partial charge in [-0.25, -0.2) is 0 Å². The van der Waals surface area contributed by atoms with Crippen LogP contribution in [0.2, 0.25) is 0 Å². The summed E-state index contributed by atoms with van der Waals surface area (Å²) < 4.78 is 0. The van der Waals surface area contributed by atoms with Gasteiger partial charge >= 0.3 is 0 Å². The van der Waals surface area contributed by atoms with Crippen LogP contribution in [0.4, 0.5) is 5.00 Å². The number of benzene rings is 1. The Kier molecular flexibility index (Phi) is 4.65. The Balaban J connectivity index is 2.39. The van der Waals surface area contributed by atoms with E-state index in [4.69, 9.17) is 11.6 Å². The van der Waals surface area contributed by atoms with E-state index in [2.05, 4.69) is 5.32 Å². The van der Waals surface area contributed by atoms with Gasteiger partial charge in [0, 0.05) is 5.56 Å². The first kappa shape index (κ1) is 14.4. The van der Waals surface area contributed by atoms with Crippen molar-refractivity contribution in [1.29, 1.82) is 0 Å². The predicted octanol–water partition coefficient (Wildman–Crippen LogP) is 2.97. The van der Waals surface area contributed by atoms with E-state index >= 15 is 0 Å². The number of thiophene rings is 1. The number of amides is 1. The van der Waals surface area contributed by atoms with Crippen LogP contribution < -0.4 is 5.32 Å². The number of carbonyl (C=O) groups is 3. The molecule has 6 heteroatoms. The van der Waals surface area contributed by atoms with Crippen LogP contribution in [0.1, 0.15) is 25.6 Å². The summed E-state index contributed by atoms with van der Waals surface area (Å²) in [6.45, 7) is 0. The summed E-state index contributed by atoms with van der Waals surface area (Å²) in [5, 5.41) is 2.87. The lowest BCUT2D eigenvalue weighted by atomic mass is 10.1. The van der Waals surface area contributed by atoms with E-state index in [1.54, 1.807) is 30.3 Å². The molecule has 1 aromatic carbocycles. The Morgan fingerprint density at radius 2 is 1.95 bits per heavy atom. The number of hydrogen-bond acceptors (Lipinski definition) is 4. The summed E-state index contributed by atoms with van der Waals surface area (Å²) in [5.74, 6) is -0.888. The topological polar surface area (TPSA) is 63.2 Å². The van der Waals surface area contributed by atoms with E-state index in [0.717, 1.165) is 11.3 Å². The molecule has 0 bridgehead atoms. The summed E-state index contributed by atoms with van der Waals surface area (Å²) >= 11 is 6.48. The average Bonchev–Trinajstić information content (AvgIpc) is 2.90. The highest BCUT2D eigenvalue weighted by Gasteiger charge is 2.18. The number of ketones is 1. The SMILES string of the molecule is O=Cc1cc(C(=O)c2ccccc2)c(NC(=O)CCl)s1. The van der Waals surface area contributed by atoms with Gasteiger partial charge in [-0.3, -0.25) is 14.4 Å². The molecule has 0 aliphatic heterocycles. The van der Waals surface area contributed by atoms with Gasteiger partial charge in [-0.1, -0.05) is 30.3 Å². The lowest BCUT2D eigenvalue weighted by Crippen LogP contribution is -2.14. The Morgan fingerprint density at radius 1 is 1.25 bits per heavy atom. The first-order valence-corrected chi connectivity index (χ1v) is 7.05. The molecular weight excluding hydrogens is 298 g/mol. The quantitative estimate of drug-likeness (QED) is 0.525. The van der Waals surface area contributed by atoms with E-state index < -0.39 is 5.91 Å². The monoisotopic (exact) mass is 307 g/mol. The number of anilines is 1. The van der Waals surface area contributed by atoms with Gasteiger partial charge in [-0.15, -0.1) is 22.9 Å². The van der Waals surface area contributed by atoms with Gasteiger partial charge in [0.25, 0.3) is 0 Å². The number of nitrogens with one attached hydrogen (secondary N) is 1.